The van der Waals surface area contributed by atoms with Crippen molar-refractivity contribution in [2.75, 3.05) is 9.80 Å². The molecule has 4 nitrogen and oxygen atoms in total. The zero-order chi connectivity index (χ0) is 47.3. The molecule has 0 N–H and O–H groups in total. The van der Waals surface area contributed by atoms with Crippen molar-refractivity contribution in [2.45, 2.75) is 34.6 Å². The van der Waals surface area contributed by atoms with Gasteiger partial charge in [0.15, 0.2) is 0 Å². The summed E-state index contributed by atoms with van der Waals surface area (Å²) < 4.78 is 4.74. The molecule has 0 amide bonds. The van der Waals surface area contributed by atoms with Gasteiger partial charge in [-0.15, -0.1) is 0 Å². The SMILES string of the molecule is C/C=C\C.Cc1ccc2c(c1)c1ccccc1n2-c1ccc(N(c2ccccc2)c2ccc(/C=C/c3ccc(N(c4ccccc4)c4ccc(-n5c(C)c(C)c6ccccc65)cc4)cc3)cc2)cc1. The summed E-state index contributed by atoms with van der Waals surface area (Å²) in [5.74, 6) is 0. The lowest BCUT2D eigenvalue weighted by Crippen LogP contribution is -2.10. The molecule has 11 aromatic rings. The van der Waals surface area contributed by atoms with Crippen LogP contribution in [-0.2, 0) is 0 Å². The summed E-state index contributed by atoms with van der Waals surface area (Å²) in [6.45, 7) is 10.6. The standard InChI is InChI=1S/C61H48N4.C4H8/c1-43-22-41-61-58(42-43)57-19-11-13-21-60(57)65(61)55-39-37-54(38-40-55)64(49-16-8-5-9-17-49)52-31-27-47(28-32-52)24-23-46-25-29-51(30-26-46)63(48-14-6-4-7-15-48)53-35-33-50(34-36-53)62-45(3)44(2)56-18-10-12-20-59(56)62;1-3-4-2/h4-42H,1-3H3;3-4H,1-2H3/b24-23+;4-3-. The minimum atomic E-state index is 1.10. The Kier molecular flexibility index (Phi) is 12.6. The van der Waals surface area contributed by atoms with Gasteiger partial charge in [0.05, 0.1) is 16.6 Å². The van der Waals surface area contributed by atoms with Crippen molar-refractivity contribution in [2.24, 2.45) is 0 Å². The molecule has 0 aliphatic rings. The molecule has 336 valence electrons. The van der Waals surface area contributed by atoms with Gasteiger partial charge in [-0.05, 0) is 173 Å². The van der Waals surface area contributed by atoms with E-state index in [0.717, 1.165) is 56.6 Å². The number of fused-ring (bicyclic) bond motifs is 4. The molecule has 0 saturated heterocycles. The monoisotopic (exact) mass is 892 g/mol. The minimum Gasteiger partial charge on any atom is -0.314 e. The van der Waals surface area contributed by atoms with Crippen LogP contribution < -0.4 is 9.80 Å². The van der Waals surface area contributed by atoms with Gasteiger partial charge in [-0.3, -0.25) is 0 Å². The first-order valence-corrected chi connectivity index (χ1v) is 23.8. The first-order chi connectivity index (χ1) is 33.9. The Morgan fingerprint density at radius 2 is 0.710 bits per heavy atom. The van der Waals surface area contributed by atoms with Crippen LogP contribution in [0.1, 0.15) is 41.8 Å². The van der Waals surface area contributed by atoms with Crippen LogP contribution in [0, 0.1) is 20.8 Å². The fourth-order valence-electron chi connectivity index (χ4n) is 9.44. The van der Waals surface area contributed by atoms with Crippen molar-refractivity contribution in [3.05, 3.63) is 265 Å². The second kappa shape index (κ2) is 19.7. The predicted molar refractivity (Wildman–Crippen MR) is 297 cm³/mol. The first kappa shape index (κ1) is 44.2. The maximum atomic E-state index is 2.38. The predicted octanol–water partition coefficient (Wildman–Crippen LogP) is 18.3. The quantitative estimate of drug-likeness (QED) is 0.100. The molecule has 0 aliphatic heterocycles. The van der Waals surface area contributed by atoms with E-state index >= 15 is 0 Å². The zero-order valence-corrected chi connectivity index (χ0v) is 40.0. The summed E-state index contributed by atoms with van der Waals surface area (Å²) in [5.41, 5.74) is 18.7. The smallest absolute Gasteiger partial charge is 0.0541 e. The van der Waals surface area contributed by atoms with E-state index < -0.39 is 0 Å². The highest BCUT2D eigenvalue weighted by Gasteiger charge is 2.17. The van der Waals surface area contributed by atoms with Crippen LogP contribution in [-0.4, -0.2) is 9.13 Å². The second-order valence-corrected chi connectivity index (χ2v) is 17.5. The number of anilines is 6. The minimum absolute atomic E-state index is 1.10. The topological polar surface area (TPSA) is 16.3 Å². The summed E-state index contributed by atoms with van der Waals surface area (Å²) in [6, 6.07) is 80.8. The summed E-state index contributed by atoms with van der Waals surface area (Å²) in [7, 11) is 0. The molecule has 0 atom stereocenters. The van der Waals surface area contributed by atoms with Gasteiger partial charge in [-0.1, -0.05) is 133 Å². The molecule has 2 aromatic heterocycles. The number of benzene rings is 9. The number of rotatable bonds is 10. The highest BCUT2D eigenvalue weighted by atomic mass is 15.1. The average Bonchev–Trinajstić information content (AvgIpc) is 3.87. The van der Waals surface area contributed by atoms with Crippen LogP contribution >= 0.6 is 0 Å². The molecular weight excluding hydrogens is 837 g/mol. The van der Waals surface area contributed by atoms with Crippen molar-refractivity contribution in [3.63, 3.8) is 0 Å². The Balaban J connectivity index is 0.00000133. The number of hydrogen-bond acceptors (Lipinski definition) is 2. The number of allylic oxidation sites excluding steroid dienone is 2. The Hall–Kier alpha value is -8.60. The normalized spacial score (nSPS) is 11.4. The van der Waals surface area contributed by atoms with Crippen molar-refractivity contribution in [3.8, 4) is 11.4 Å². The van der Waals surface area contributed by atoms with Crippen LogP contribution in [0.15, 0.2) is 237 Å². The van der Waals surface area contributed by atoms with Gasteiger partial charge in [-0.2, -0.15) is 0 Å². The van der Waals surface area contributed by atoms with E-state index in [1.165, 1.54) is 49.5 Å². The number of nitrogens with zero attached hydrogens (tertiary/aromatic N) is 4. The maximum Gasteiger partial charge on any atom is 0.0541 e. The Labute approximate surface area is 406 Å². The largest absolute Gasteiger partial charge is 0.314 e. The van der Waals surface area contributed by atoms with E-state index in [1.54, 1.807) is 0 Å². The number of aryl methyl sites for hydroxylation is 2. The van der Waals surface area contributed by atoms with Gasteiger partial charge >= 0.3 is 0 Å². The molecule has 11 rings (SSSR count). The molecule has 2 heterocycles. The van der Waals surface area contributed by atoms with Gasteiger partial charge < -0.3 is 18.9 Å². The van der Waals surface area contributed by atoms with Crippen molar-refractivity contribution in [1.82, 2.24) is 9.13 Å². The average molecular weight is 893 g/mol. The van der Waals surface area contributed by atoms with Gasteiger partial charge in [-0.25, -0.2) is 0 Å². The highest BCUT2D eigenvalue weighted by molar-refractivity contribution is 6.09. The third kappa shape index (κ3) is 8.89. The summed E-state index contributed by atoms with van der Waals surface area (Å²) in [6.07, 6.45) is 8.38. The number of para-hydroxylation sites is 4. The van der Waals surface area contributed by atoms with E-state index in [1.807, 2.05) is 26.0 Å². The molecule has 0 saturated carbocycles. The molecule has 0 spiro atoms. The van der Waals surface area contributed by atoms with Crippen molar-refractivity contribution in [1.29, 1.82) is 0 Å². The summed E-state index contributed by atoms with van der Waals surface area (Å²) >= 11 is 0. The molecule has 4 heteroatoms. The molecule has 0 radical (unpaired) electrons. The maximum absolute atomic E-state index is 2.38. The third-order valence-corrected chi connectivity index (χ3v) is 13.1. The Morgan fingerprint density at radius 3 is 1.19 bits per heavy atom. The molecule has 0 unspecified atom stereocenters. The van der Waals surface area contributed by atoms with Crippen LogP contribution in [0.3, 0.4) is 0 Å². The molecule has 0 aliphatic carbocycles. The van der Waals surface area contributed by atoms with Crippen LogP contribution in [0.2, 0.25) is 0 Å². The van der Waals surface area contributed by atoms with E-state index in [4.69, 9.17) is 0 Å². The zero-order valence-electron chi connectivity index (χ0n) is 40.0. The van der Waals surface area contributed by atoms with E-state index in [2.05, 4.69) is 276 Å². The fraction of sp³-hybridized carbons (Fsp3) is 0.0769. The molecular formula is C65H56N4. The molecule has 9 aromatic carbocycles. The van der Waals surface area contributed by atoms with Crippen LogP contribution in [0.4, 0.5) is 34.1 Å². The van der Waals surface area contributed by atoms with E-state index in [-0.39, 0.29) is 0 Å². The Bertz CT molecular complexity index is 3560. The van der Waals surface area contributed by atoms with Crippen molar-refractivity contribution >= 4 is 79.0 Å². The number of hydrogen-bond donors (Lipinski definition) is 0. The van der Waals surface area contributed by atoms with Gasteiger partial charge in [0.2, 0.25) is 0 Å². The highest BCUT2D eigenvalue weighted by Crippen LogP contribution is 2.39. The van der Waals surface area contributed by atoms with E-state index in [0.29, 0.717) is 0 Å². The van der Waals surface area contributed by atoms with Gasteiger partial charge in [0.25, 0.3) is 0 Å². The summed E-state index contributed by atoms with van der Waals surface area (Å²) in [4.78, 5) is 4.64. The molecule has 0 fully saturated rings. The van der Waals surface area contributed by atoms with Crippen LogP contribution in [0.25, 0.3) is 56.2 Å². The lowest BCUT2D eigenvalue weighted by Gasteiger charge is -2.26. The van der Waals surface area contributed by atoms with E-state index in [9.17, 15) is 0 Å². The van der Waals surface area contributed by atoms with Crippen molar-refractivity contribution < 1.29 is 0 Å². The third-order valence-electron chi connectivity index (χ3n) is 13.1. The Morgan fingerprint density at radius 1 is 0.333 bits per heavy atom. The number of aromatic nitrogens is 2. The lowest BCUT2D eigenvalue weighted by atomic mass is 10.1. The van der Waals surface area contributed by atoms with Gasteiger partial charge in [0, 0.05) is 67.4 Å². The molecule has 69 heavy (non-hydrogen) atoms. The molecule has 0 bridgehead atoms. The fourth-order valence-corrected chi connectivity index (χ4v) is 9.44. The first-order valence-electron chi connectivity index (χ1n) is 23.8. The van der Waals surface area contributed by atoms with Gasteiger partial charge in [0.1, 0.15) is 0 Å². The second-order valence-electron chi connectivity index (χ2n) is 17.5. The van der Waals surface area contributed by atoms with Crippen LogP contribution in [0.5, 0.6) is 0 Å². The lowest BCUT2D eigenvalue weighted by molar-refractivity contribution is 1.04. The summed E-state index contributed by atoms with van der Waals surface area (Å²) in [5, 5.41) is 3.85.